The summed E-state index contributed by atoms with van der Waals surface area (Å²) in [6, 6.07) is 1.99. The molecule has 13 heavy (non-hydrogen) atoms. The molecular formula is C7H10N4OS. The number of nitriles is 1. The molecule has 70 valence electrons. The first-order valence-electron chi connectivity index (χ1n) is 3.66. The van der Waals surface area contributed by atoms with Crippen LogP contribution in [0.1, 0.15) is 12.8 Å². The predicted molar refractivity (Wildman–Crippen MR) is 48.0 cm³/mol. The van der Waals surface area contributed by atoms with Crippen LogP contribution >= 0.6 is 11.8 Å². The van der Waals surface area contributed by atoms with Gasteiger partial charge in [0, 0.05) is 12.7 Å². The lowest BCUT2D eigenvalue weighted by Gasteiger charge is -2.11. The third-order valence-electron chi connectivity index (χ3n) is 1.26. The van der Waals surface area contributed by atoms with Crippen LogP contribution in [0.25, 0.3) is 0 Å². The van der Waals surface area contributed by atoms with Gasteiger partial charge < -0.3 is 10.2 Å². The minimum absolute atomic E-state index is 0.436. The Labute approximate surface area is 80.3 Å². The van der Waals surface area contributed by atoms with Crippen molar-refractivity contribution in [2.45, 2.75) is 24.6 Å². The lowest BCUT2D eigenvalue weighted by atomic mass is 10.1. The highest BCUT2D eigenvalue weighted by molar-refractivity contribution is 7.99. The Morgan fingerprint density at radius 1 is 1.69 bits per heavy atom. The number of aromatic nitrogens is 2. The molecule has 1 unspecified atom stereocenters. The van der Waals surface area contributed by atoms with E-state index >= 15 is 0 Å². The third-order valence-corrected chi connectivity index (χ3v) is 2.41. The van der Waals surface area contributed by atoms with E-state index in [2.05, 4.69) is 10.2 Å². The van der Waals surface area contributed by atoms with Gasteiger partial charge in [0.15, 0.2) is 0 Å². The van der Waals surface area contributed by atoms with Gasteiger partial charge in [-0.2, -0.15) is 5.26 Å². The first-order valence-corrected chi connectivity index (χ1v) is 4.65. The second-order valence-electron chi connectivity index (χ2n) is 2.90. The van der Waals surface area contributed by atoms with Gasteiger partial charge in [0.2, 0.25) is 5.89 Å². The molecule has 1 atom stereocenters. The highest BCUT2D eigenvalue weighted by Gasteiger charge is 2.19. The number of aryl methyl sites for hydroxylation is 1. The average molecular weight is 198 g/mol. The second-order valence-corrected chi connectivity index (χ2v) is 3.83. The molecule has 0 fully saturated rings. The normalized spacial score (nSPS) is 14.9. The molecule has 0 saturated carbocycles. The Hall–Kier alpha value is -1.06. The van der Waals surface area contributed by atoms with Crippen molar-refractivity contribution in [3.05, 3.63) is 5.89 Å². The van der Waals surface area contributed by atoms with Crippen molar-refractivity contribution in [2.75, 3.05) is 5.75 Å². The fourth-order valence-corrected chi connectivity index (χ4v) is 1.35. The van der Waals surface area contributed by atoms with E-state index in [0.29, 0.717) is 16.9 Å². The van der Waals surface area contributed by atoms with Crippen LogP contribution in [0.15, 0.2) is 9.64 Å². The van der Waals surface area contributed by atoms with Gasteiger partial charge in [-0.3, -0.25) is 0 Å². The Balaban J connectivity index is 2.49. The molecule has 6 heteroatoms. The highest BCUT2D eigenvalue weighted by atomic mass is 32.2. The van der Waals surface area contributed by atoms with Crippen LogP contribution in [-0.4, -0.2) is 21.5 Å². The quantitative estimate of drug-likeness (QED) is 0.719. The molecule has 5 nitrogen and oxygen atoms in total. The summed E-state index contributed by atoms with van der Waals surface area (Å²) in [6.45, 7) is 3.37. The zero-order chi connectivity index (χ0) is 9.90. The van der Waals surface area contributed by atoms with Crippen LogP contribution in [0.2, 0.25) is 0 Å². The molecule has 1 heterocycles. The summed E-state index contributed by atoms with van der Waals surface area (Å²) in [5, 5.41) is 16.5. The molecule has 0 aliphatic carbocycles. The fourth-order valence-electron chi connectivity index (χ4n) is 0.581. The fraction of sp³-hybridized carbons (Fsp3) is 0.571. The number of thioether (sulfide) groups is 1. The van der Waals surface area contributed by atoms with Crippen molar-refractivity contribution in [3.63, 3.8) is 0 Å². The van der Waals surface area contributed by atoms with E-state index in [1.165, 1.54) is 11.8 Å². The first-order chi connectivity index (χ1) is 6.03. The lowest BCUT2D eigenvalue weighted by Crippen LogP contribution is -2.36. The van der Waals surface area contributed by atoms with E-state index in [-0.39, 0.29) is 0 Å². The van der Waals surface area contributed by atoms with Gasteiger partial charge in [0.25, 0.3) is 5.22 Å². The van der Waals surface area contributed by atoms with Crippen molar-refractivity contribution < 1.29 is 4.42 Å². The molecule has 1 aromatic rings. The van der Waals surface area contributed by atoms with Gasteiger partial charge in [-0.1, -0.05) is 11.8 Å². The van der Waals surface area contributed by atoms with Crippen molar-refractivity contribution in [3.8, 4) is 6.07 Å². The summed E-state index contributed by atoms with van der Waals surface area (Å²) in [5.74, 6) is 0.948. The summed E-state index contributed by atoms with van der Waals surface area (Å²) >= 11 is 1.28. The molecule has 1 rings (SSSR count). The van der Waals surface area contributed by atoms with Crippen LogP contribution in [0.5, 0.6) is 0 Å². The summed E-state index contributed by atoms with van der Waals surface area (Å²) in [4.78, 5) is 0. The van der Waals surface area contributed by atoms with E-state index in [0.717, 1.165) is 0 Å². The number of nitrogens with zero attached hydrogens (tertiary/aromatic N) is 3. The van der Waals surface area contributed by atoms with Gasteiger partial charge in [0.1, 0.15) is 5.54 Å². The van der Waals surface area contributed by atoms with Gasteiger partial charge in [-0.25, -0.2) is 0 Å². The summed E-state index contributed by atoms with van der Waals surface area (Å²) in [6.07, 6.45) is 0. The number of hydrogen-bond donors (Lipinski definition) is 1. The zero-order valence-electron chi connectivity index (χ0n) is 7.44. The van der Waals surface area contributed by atoms with Crippen LogP contribution in [-0.2, 0) is 0 Å². The smallest absolute Gasteiger partial charge is 0.276 e. The van der Waals surface area contributed by atoms with Gasteiger partial charge in [-0.05, 0) is 6.92 Å². The molecule has 2 N–H and O–H groups in total. The molecule has 0 bridgehead atoms. The molecule has 0 saturated heterocycles. The van der Waals surface area contributed by atoms with Crippen molar-refractivity contribution in [1.82, 2.24) is 10.2 Å². The molecule has 0 aliphatic rings. The van der Waals surface area contributed by atoms with Gasteiger partial charge in [0.05, 0.1) is 6.07 Å². The van der Waals surface area contributed by atoms with E-state index in [1.54, 1.807) is 13.8 Å². The molecule has 0 aliphatic heterocycles. The monoisotopic (exact) mass is 198 g/mol. The zero-order valence-corrected chi connectivity index (χ0v) is 8.26. The van der Waals surface area contributed by atoms with Gasteiger partial charge >= 0.3 is 0 Å². The Morgan fingerprint density at radius 2 is 2.38 bits per heavy atom. The van der Waals surface area contributed by atoms with Crippen molar-refractivity contribution in [2.24, 2.45) is 5.73 Å². The standard InChI is InChI=1S/C7H10N4OS/c1-5-10-11-6(12-5)13-4-7(2,9)3-8/h4,9H2,1-2H3. The molecule has 0 amide bonds. The van der Waals surface area contributed by atoms with Crippen molar-refractivity contribution >= 4 is 11.8 Å². The predicted octanol–water partition coefficient (Wildman–Crippen LogP) is 0.711. The third kappa shape index (κ3) is 3.05. The lowest BCUT2D eigenvalue weighted by molar-refractivity contribution is 0.428. The van der Waals surface area contributed by atoms with E-state index < -0.39 is 5.54 Å². The van der Waals surface area contributed by atoms with Crippen LogP contribution in [0.4, 0.5) is 0 Å². The maximum Gasteiger partial charge on any atom is 0.276 e. The van der Waals surface area contributed by atoms with Crippen LogP contribution in [0, 0.1) is 18.3 Å². The molecule has 0 spiro atoms. The topological polar surface area (TPSA) is 88.7 Å². The Morgan fingerprint density at radius 3 is 2.85 bits per heavy atom. The molecular weight excluding hydrogens is 188 g/mol. The molecule has 1 aromatic heterocycles. The van der Waals surface area contributed by atoms with Gasteiger partial charge in [-0.15, -0.1) is 10.2 Å². The number of nitrogens with two attached hydrogens (primary N) is 1. The molecule has 0 radical (unpaired) electrons. The Kier molecular flexibility index (Phi) is 2.90. The number of rotatable bonds is 3. The highest BCUT2D eigenvalue weighted by Crippen LogP contribution is 2.19. The SMILES string of the molecule is Cc1nnc(SCC(C)(N)C#N)o1. The summed E-state index contributed by atoms with van der Waals surface area (Å²) in [7, 11) is 0. The largest absolute Gasteiger partial charge is 0.416 e. The summed E-state index contributed by atoms with van der Waals surface area (Å²) < 4.78 is 5.10. The second kappa shape index (κ2) is 3.77. The molecule has 0 aromatic carbocycles. The average Bonchev–Trinajstić information content (AvgIpc) is 2.48. The maximum atomic E-state index is 8.62. The van der Waals surface area contributed by atoms with Crippen LogP contribution in [0.3, 0.4) is 0 Å². The summed E-state index contributed by atoms with van der Waals surface area (Å²) in [5.41, 5.74) is 4.74. The Bertz CT molecular complexity index is 327. The van der Waals surface area contributed by atoms with E-state index in [1.807, 2.05) is 6.07 Å². The van der Waals surface area contributed by atoms with E-state index in [4.69, 9.17) is 15.4 Å². The first kappa shape index (κ1) is 10.0. The number of hydrogen-bond acceptors (Lipinski definition) is 6. The maximum absolute atomic E-state index is 8.62. The van der Waals surface area contributed by atoms with Crippen LogP contribution < -0.4 is 5.73 Å². The van der Waals surface area contributed by atoms with Crippen molar-refractivity contribution in [1.29, 1.82) is 5.26 Å². The van der Waals surface area contributed by atoms with E-state index in [9.17, 15) is 0 Å². The minimum Gasteiger partial charge on any atom is -0.416 e. The minimum atomic E-state index is -0.854.